The van der Waals surface area contributed by atoms with Gasteiger partial charge in [-0.3, -0.25) is 14.4 Å². The smallest absolute Gasteiger partial charge is 0.227 e. The van der Waals surface area contributed by atoms with Crippen LogP contribution < -0.4 is 0 Å². The summed E-state index contributed by atoms with van der Waals surface area (Å²) in [6.45, 7) is 8.75. The number of likely N-dealkylation sites (N-methyl/N-ethyl adjacent to an activating group) is 1. The second-order valence-corrected chi connectivity index (χ2v) is 6.79. The zero-order chi connectivity index (χ0) is 16.3. The lowest BCUT2D eigenvalue weighted by atomic mass is 10.1. The fourth-order valence-electron chi connectivity index (χ4n) is 3.07. The molecular weight excluding hydrogens is 278 g/mol. The van der Waals surface area contributed by atoms with Crippen molar-refractivity contribution in [2.75, 3.05) is 47.3 Å². The molecule has 0 radical (unpaired) electrons. The average Bonchev–Trinajstić information content (AvgIpc) is 2.83. The number of hydrogen-bond donors (Lipinski definition) is 0. The van der Waals surface area contributed by atoms with Crippen molar-refractivity contribution in [2.24, 2.45) is 5.92 Å². The van der Waals surface area contributed by atoms with Crippen molar-refractivity contribution in [1.29, 1.82) is 0 Å². The lowest BCUT2D eigenvalue weighted by molar-refractivity contribution is -0.133. The Balaban J connectivity index is 2.09. The highest BCUT2D eigenvalue weighted by Crippen LogP contribution is 2.15. The van der Waals surface area contributed by atoms with Crippen molar-refractivity contribution in [3.05, 3.63) is 18.0 Å². The third kappa shape index (κ3) is 4.08. The van der Waals surface area contributed by atoms with Crippen LogP contribution in [0.3, 0.4) is 0 Å². The first-order valence-electron chi connectivity index (χ1n) is 8.03. The number of carbonyl (C=O) groups excluding carboxylic acids is 1. The number of rotatable bonds is 4. The van der Waals surface area contributed by atoms with Crippen molar-refractivity contribution in [2.45, 2.75) is 26.4 Å². The fraction of sp³-hybridized carbons (Fsp3) is 0.750. The minimum Gasteiger partial charge on any atom is -0.348 e. The van der Waals surface area contributed by atoms with Gasteiger partial charge in [0.1, 0.15) is 0 Å². The zero-order valence-corrected chi connectivity index (χ0v) is 14.5. The van der Waals surface area contributed by atoms with Gasteiger partial charge in [0.25, 0.3) is 0 Å². The summed E-state index contributed by atoms with van der Waals surface area (Å²) in [7, 11) is 5.77. The van der Waals surface area contributed by atoms with Gasteiger partial charge in [-0.15, -0.1) is 0 Å². The first kappa shape index (κ1) is 17.0. The van der Waals surface area contributed by atoms with E-state index in [4.69, 9.17) is 0 Å². The van der Waals surface area contributed by atoms with Gasteiger partial charge in [-0.2, -0.15) is 5.10 Å². The second kappa shape index (κ2) is 7.24. The molecule has 0 aromatic carbocycles. The Morgan fingerprint density at radius 1 is 1.36 bits per heavy atom. The molecule has 0 N–H and O–H groups in total. The highest BCUT2D eigenvalue weighted by molar-refractivity contribution is 5.78. The molecule has 2 rings (SSSR count). The summed E-state index contributed by atoms with van der Waals surface area (Å²) in [5.41, 5.74) is 1.22. The van der Waals surface area contributed by atoms with Gasteiger partial charge in [0.2, 0.25) is 5.91 Å². The van der Waals surface area contributed by atoms with E-state index < -0.39 is 0 Å². The molecular formula is C16H29N5O. The maximum atomic E-state index is 12.4. The Hall–Kier alpha value is -1.40. The molecule has 22 heavy (non-hydrogen) atoms. The van der Waals surface area contributed by atoms with E-state index in [9.17, 15) is 4.79 Å². The van der Waals surface area contributed by atoms with E-state index in [1.165, 1.54) is 5.69 Å². The molecule has 1 fully saturated rings. The van der Waals surface area contributed by atoms with Crippen molar-refractivity contribution in [1.82, 2.24) is 24.5 Å². The molecule has 1 aromatic rings. The van der Waals surface area contributed by atoms with E-state index in [1.54, 1.807) is 4.90 Å². The SMILES string of the molecule is CC(C)n1nccc1CN1CCN(C)C[C@@H](C(=O)N(C)C)C1. The van der Waals surface area contributed by atoms with Gasteiger partial charge in [-0.25, -0.2) is 0 Å². The van der Waals surface area contributed by atoms with Crippen LogP contribution in [0.1, 0.15) is 25.6 Å². The van der Waals surface area contributed by atoms with Crippen LogP contribution in [0.2, 0.25) is 0 Å². The summed E-state index contributed by atoms with van der Waals surface area (Å²) in [4.78, 5) is 18.7. The number of amides is 1. The third-order valence-corrected chi connectivity index (χ3v) is 4.23. The van der Waals surface area contributed by atoms with Gasteiger partial charge in [-0.1, -0.05) is 0 Å². The van der Waals surface area contributed by atoms with E-state index in [0.29, 0.717) is 6.04 Å². The van der Waals surface area contributed by atoms with Gasteiger partial charge in [0.05, 0.1) is 11.6 Å². The molecule has 1 amide bonds. The maximum absolute atomic E-state index is 12.4. The molecule has 0 saturated carbocycles. The second-order valence-electron chi connectivity index (χ2n) is 6.79. The van der Waals surface area contributed by atoms with Crippen molar-refractivity contribution in [3.63, 3.8) is 0 Å². The number of nitrogens with zero attached hydrogens (tertiary/aromatic N) is 5. The molecule has 1 aliphatic rings. The average molecular weight is 307 g/mol. The van der Waals surface area contributed by atoms with Crippen LogP contribution in [-0.4, -0.2) is 77.7 Å². The van der Waals surface area contributed by atoms with Gasteiger partial charge < -0.3 is 9.80 Å². The summed E-state index contributed by atoms with van der Waals surface area (Å²) in [5.74, 6) is 0.258. The highest BCUT2D eigenvalue weighted by Gasteiger charge is 2.28. The quantitative estimate of drug-likeness (QED) is 0.830. The molecule has 6 heteroatoms. The van der Waals surface area contributed by atoms with Crippen LogP contribution in [0.15, 0.2) is 12.3 Å². The number of carbonyl (C=O) groups is 1. The minimum atomic E-state index is 0.0397. The van der Waals surface area contributed by atoms with E-state index in [0.717, 1.165) is 32.7 Å². The van der Waals surface area contributed by atoms with E-state index >= 15 is 0 Å². The predicted octanol–water partition coefficient (Wildman–Crippen LogP) is 0.916. The molecule has 0 unspecified atom stereocenters. The Labute approximate surface area is 133 Å². The molecule has 0 aliphatic carbocycles. The van der Waals surface area contributed by atoms with E-state index in [-0.39, 0.29) is 11.8 Å². The Bertz CT molecular complexity index is 496. The molecule has 124 valence electrons. The monoisotopic (exact) mass is 307 g/mol. The van der Waals surface area contributed by atoms with Crippen molar-refractivity contribution >= 4 is 5.91 Å². The summed E-state index contributed by atoms with van der Waals surface area (Å²) < 4.78 is 2.07. The summed E-state index contributed by atoms with van der Waals surface area (Å²) in [6.07, 6.45) is 1.86. The molecule has 6 nitrogen and oxygen atoms in total. The van der Waals surface area contributed by atoms with Crippen molar-refractivity contribution < 1.29 is 4.79 Å². The van der Waals surface area contributed by atoms with Crippen LogP contribution in [0.4, 0.5) is 0 Å². The normalized spacial score (nSPS) is 21.1. The van der Waals surface area contributed by atoms with Crippen LogP contribution >= 0.6 is 0 Å². The Morgan fingerprint density at radius 2 is 2.09 bits per heavy atom. The van der Waals surface area contributed by atoms with E-state index in [2.05, 4.69) is 46.5 Å². The van der Waals surface area contributed by atoms with Gasteiger partial charge in [0.15, 0.2) is 0 Å². The molecule has 0 spiro atoms. The van der Waals surface area contributed by atoms with Crippen LogP contribution in [0.5, 0.6) is 0 Å². The van der Waals surface area contributed by atoms with Crippen LogP contribution in [0.25, 0.3) is 0 Å². The fourth-order valence-corrected chi connectivity index (χ4v) is 3.07. The molecule has 2 heterocycles. The lowest BCUT2D eigenvalue weighted by Gasteiger charge is -2.26. The Kier molecular flexibility index (Phi) is 5.58. The largest absolute Gasteiger partial charge is 0.348 e. The first-order chi connectivity index (χ1) is 10.4. The maximum Gasteiger partial charge on any atom is 0.227 e. The van der Waals surface area contributed by atoms with Crippen LogP contribution in [-0.2, 0) is 11.3 Å². The van der Waals surface area contributed by atoms with Crippen LogP contribution in [0, 0.1) is 5.92 Å². The predicted molar refractivity (Wildman–Crippen MR) is 87.6 cm³/mol. The zero-order valence-electron chi connectivity index (χ0n) is 14.5. The van der Waals surface area contributed by atoms with E-state index in [1.807, 2.05) is 20.3 Å². The molecule has 1 atom stereocenters. The van der Waals surface area contributed by atoms with Gasteiger partial charge in [-0.05, 0) is 27.0 Å². The molecule has 1 saturated heterocycles. The first-order valence-corrected chi connectivity index (χ1v) is 8.03. The lowest BCUT2D eigenvalue weighted by Crippen LogP contribution is -2.40. The summed E-state index contributed by atoms with van der Waals surface area (Å²) in [6, 6.07) is 2.44. The minimum absolute atomic E-state index is 0.0397. The number of hydrogen-bond acceptors (Lipinski definition) is 4. The summed E-state index contributed by atoms with van der Waals surface area (Å²) >= 11 is 0. The highest BCUT2D eigenvalue weighted by atomic mass is 16.2. The van der Waals surface area contributed by atoms with Gasteiger partial charge in [0, 0.05) is 59.1 Å². The molecule has 0 bridgehead atoms. The van der Waals surface area contributed by atoms with Gasteiger partial charge >= 0.3 is 0 Å². The number of aromatic nitrogens is 2. The molecule has 1 aliphatic heterocycles. The standard InChI is InChI=1S/C16H29N5O/c1-13(2)21-15(6-7-17-21)12-20-9-8-19(5)10-14(11-20)16(22)18(3)4/h6-7,13-14H,8-12H2,1-5H3/t14-/m1/s1. The van der Waals surface area contributed by atoms with Crippen molar-refractivity contribution in [3.8, 4) is 0 Å². The topological polar surface area (TPSA) is 44.6 Å². The third-order valence-electron chi connectivity index (χ3n) is 4.23. The molecule has 1 aromatic heterocycles. The Morgan fingerprint density at radius 3 is 2.73 bits per heavy atom. The summed E-state index contributed by atoms with van der Waals surface area (Å²) in [5, 5.41) is 4.41.